The number of nitrogens with one attached hydrogen (secondary N) is 1. The van der Waals surface area contributed by atoms with Gasteiger partial charge in [-0.05, 0) is 36.1 Å². The van der Waals surface area contributed by atoms with Gasteiger partial charge < -0.3 is 5.32 Å². The van der Waals surface area contributed by atoms with E-state index in [0.717, 1.165) is 35.4 Å². The summed E-state index contributed by atoms with van der Waals surface area (Å²) in [5.74, 6) is 1.64. The van der Waals surface area contributed by atoms with Crippen molar-refractivity contribution in [3.63, 3.8) is 0 Å². The van der Waals surface area contributed by atoms with Crippen molar-refractivity contribution in [3.8, 4) is 0 Å². The first-order valence-corrected chi connectivity index (χ1v) is 11.0. The number of hydrogen-bond acceptors (Lipinski definition) is 5. The van der Waals surface area contributed by atoms with Gasteiger partial charge in [0.15, 0.2) is 5.78 Å². The number of benzene rings is 2. The lowest BCUT2D eigenvalue weighted by Crippen LogP contribution is -2.31. The molecular formula is C22H19ClN4OS. The van der Waals surface area contributed by atoms with Gasteiger partial charge in [-0.15, -0.1) is 5.10 Å². The summed E-state index contributed by atoms with van der Waals surface area (Å²) in [5.41, 5.74) is 3.92. The van der Waals surface area contributed by atoms with Crippen LogP contribution in [-0.4, -0.2) is 20.5 Å². The van der Waals surface area contributed by atoms with Crippen molar-refractivity contribution < 1.29 is 4.79 Å². The third kappa shape index (κ3) is 3.58. The molecular weight excluding hydrogens is 404 g/mol. The van der Waals surface area contributed by atoms with Crippen LogP contribution in [0.4, 0.5) is 5.95 Å². The van der Waals surface area contributed by atoms with Gasteiger partial charge in [0.2, 0.25) is 11.1 Å². The summed E-state index contributed by atoms with van der Waals surface area (Å²) in [6, 6.07) is 17.6. The number of anilines is 1. The molecule has 0 radical (unpaired) electrons. The summed E-state index contributed by atoms with van der Waals surface area (Å²) < 4.78 is 1.83. The van der Waals surface area contributed by atoms with Gasteiger partial charge in [-0.3, -0.25) is 4.79 Å². The van der Waals surface area contributed by atoms with E-state index in [1.165, 1.54) is 5.56 Å². The van der Waals surface area contributed by atoms with Gasteiger partial charge in [0, 0.05) is 28.5 Å². The van der Waals surface area contributed by atoms with Crippen LogP contribution in [0.1, 0.15) is 36.4 Å². The number of aromatic nitrogens is 3. The number of carbonyl (C=O) groups is 1. The lowest BCUT2D eigenvalue weighted by molar-refractivity contribution is -0.116. The van der Waals surface area contributed by atoms with Gasteiger partial charge in [-0.1, -0.05) is 65.8 Å². The highest BCUT2D eigenvalue weighted by Crippen LogP contribution is 2.41. The number of ketones is 1. The fourth-order valence-electron chi connectivity index (χ4n) is 3.90. The van der Waals surface area contributed by atoms with Gasteiger partial charge >= 0.3 is 0 Å². The molecule has 146 valence electrons. The second kappa shape index (κ2) is 7.69. The van der Waals surface area contributed by atoms with Crippen LogP contribution in [0.25, 0.3) is 0 Å². The highest BCUT2D eigenvalue weighted by atomic mass is 35.5. The summed E-state index contributed by atoms with van der Waals surface area (Å²) in [6.07, 6.45) is 2.27. The van der Waals surface area contributed by atoms with E-state index in [2.05, 4.69) is 17.4 Å². The number of allylic oxidation sites excluding steroid dienone is 2. The van der Waals surface area contributed by atoms with Crippen LogP contribution in [0.2, 0.25) is 5.02 Å². The molecule has 29 heavy (non-hydrogen) atoms. The summed E-state index contributed by atoms with van der Waals surface area (Å²) in [4.78, 5) is 17.5. The third-order valence-corrected chi connectivity index (χ3v) is 6.37. The Kier molecular flexibility index (Phi) is 4.89. The fourth-order valence-corrected chi connectivity index (χ4v) is 4.89. The number of carbonyl (C=O) groups excluding carboxylic acids is 1. The summed E-state index contributed by atoms with van der Waals surface area (Å²) >= 11 is 7.85. The highest BCUT2D eigenvalue weighted by molar-refractivity contribution is 7.98. The first-order valence-electron chi connectivity index (χ1n) is 9.61. The number of hydrogen-bond donors (Lipinski definition) is 1. The second-order valence-corrected chi connectivity index (χ2v) is 8.57. The third-order valence-electron chi connectivity index (χ3n) is 5.22. The zero-order valence-electron chi connectivity index (χ0n) is 15.6. The maximum absolute atomic E-state index is 12.8. The van der Waals surface area contributed by atoms with Crippen molar-refractivity contribution in [1.82, 2.24) is 14.8 Å². The first-order chi connectivity index (χ1) is 14.2. The fraction of sp³-hybridized carbons (Fsp3) is 0.227. The van der Waals surface area contributed by atoms with Crippen molar-refractivity contribution in [1.29, 1.82) is 0 Å². The molecule has 1 aliphatic heterocycles. The Morgan fingerprint density at radius 2 is 2.00 bits per heavy atom. The van der Waals surface area contributed by atoms with E-state index in [9.17, 15) is 4.79 Å². The number of Topliss-reactive ketones (excluding diaryl/α,β-unsaturated/α-hetero) is 1. The summed E-state index contributed by atoms with van der Waals surface area (Å²) in [7, 11) is 0. The van der Waals surface area contributed by atoms with E-state index in [1.807, 2.05) is 47.1 Å². The van der Waals surface area contributed by atoms with E-state index in [4.69, 9.17) is 21.7 Å². The van der Waals surface area contributed by atoms with Crippen LogP contribution < -0.4 is 5.32 Å². The molecule has 0 amide bonds. The zero-order valence-corrected chi connectivity index (χ0v) is 17.2. The Hall–Kier alpha value is -2.57. The number of thioether (sulfide) groups is 1. The average molecular weight is 423 g/mol. The standard InChI is InChI=1S/C22H19ClN4OS/c23-16-9-4-8-15(12-16)20-19-17(10-5-11-18(19)28)24-21-25-22(26-27(20)21)29-13-14-6-2-1-3-7-14/h1-4,6-9,12,20H,5,10-11,13H2,(H,24,25,26)/t20-/m1/s1. The van der Waals surface area contributed by atoms with Crippen LogP contribution in [0, 0.1) is 0 Å². The van der Waals surface area contributed by atoms with Crippen molar-refractivity contribution in [2.75, 3.05) is 5.32 Å². The van der Waals surface area contributed by atoms with E-state index in [0.29, 0.717) is 22.5 Å². The minimum atomic E-state index is -0.300. The molecule has 2 aromatic carbocycles. The van der Waals surface area contributed by atoms with Gasteiger partial charge in [0.05, 0.1) is 0 Å². The molecule has 5 rings (SSSR count). The molecule has 2 aliphatic rings. The largest absolute Gasteiger partial charge is 0.328 e. The average Bonchev–Trinajstić information content (AvgIpc) is 3.14. The lowest BCUT2D eigenvalue weighted by atomic mass is 9.85. The normalized spacial score (nSPS) is 18.2. The van der Waals surface area contributed by atoms with Gasteiger partial charge in [-0.25, -0.2) is 4.68 Å². The molecule has 2 heterocycles. The van der Waals surface area contributed by atoms with Crippen LogP contribution in [0.5, 0.6) is 0 Å². The van der Waals surface area contributed by atoms with E-state index in [-0.39, 0.29) is 11.8 Å². The van der Waals surface area contributed by atoms with Crippen LogP contribution >= 0.6 is 23.4 Å². The first kappa shape index (κ1) is 18.5. The Labute approximate surface area is 178 Å². The topological polar surface area (TPSA) is 59.8 Å². The maximum atomic E-state index is 12.8. The van der Waals surface area contributed by atoms with Crippen LogP contribution in [-0.2, 0) is 10.5 Å². The van der Waals surface area contributed by atoms with E-state index in [1.54, 1.807) is 11.8 Å². The molecule has 7 heteroatoms. The lowest BCUT2D eigenvalue weighted by Gasteiger charge is -2.32. The molecule has 1 aromatic heterocycles. The molecule has 0 saturated carbocycles. The molecule has 1 atom stereocenters. The Bertz CT molecular complexity index is 1110. The highest BCUT2D eigenvalue weighted by Gasteiger charge is 2.36. The van der Waals surface area contributed by atoms with Crippen molar-refractivity contribution in [2.24, 2.45) is 0 Å². The molecule has 0 bridgehead atoms. The Balaban J connectivity index is 1.53. The smallest absolute Gasteiger partial charge is 0.227 e. The van der Waals surface area contributed by atoms with E-state index >= 15 is 0 Å². The van der Waals surface area contributed by atoms with Gasteiger partial charge in [0.1, 0.15) is 6.04 Å². The minimum absolute atomic E-state index is 0.170. The molecule has 3 aromatic rings. The summed E-state index contributed by atoms with van der Waals surface area (Å²) in [6.45, 7) is 0. The van der Waals surface area contributed by atoms with E-state index < -0.39 is 0 Å². The zero-order chi connectivity index (χ0) is 19.8. The predicted molar refractivity (Wildman–Crippen MR) is 115 cm³/mol. The van der Waals surface area contributed by atoms with Crippen molar-refractivity contribution in [2.45, 2.75) is 36.2 Å². The summed E-state index contributed by atoms with van der Waals surface area (Å²) in [5, 5.41) is 9.46. The predicted octanol–water partition coefficient (Wildman–Crippen LogP) is 5.25. The Morgan fingerprint density at radius 1 is 1.14 bits per heavy atom. The molecule has 1 aliphatic carbocycles. The molecule has 0 spiro atoms. The molecule has 0 fully saturated rings. The molecule has 5 nitrogen and oxygen atoms in total. The minimum Gasteiger partial charge on any atom is -0.328 e. The number of nitrogens with zero attached hydrogens (tertiary/aromatic N) is 3. The van der Waals surface area contributed by atoms with Gasteiger partial charge in [-0.2, -0.15) is 4.98 Å². The molecule has 0 unspecified atom stereocenters. The van der Waals surface area contributed by atoms with Crippen molar-refractivity contribution in [3.05, 3.63) is 82.0 Å². The van der Waals surface area contributed by atoms with Crippen LogP contribution in [0.15, 0.2) is 71.0 Å². The van der Waals surface area contributed by atoms with Crippen molar-refractivity contribution >= 4 is 35.1 Å². The number of fused-ring (bicyclic) bond motifs is 1. The Morgan fingerprint density at radius 3 is 2.83 bits per heavy atom. The van der Waals surface area contributed by atoms with Gasteiger partial charge in [0.25, 0.3) is 0 Å². The maximum Gasteiger partial charge on any atom is 0.227 e. The monoisotopic (exact) mass is 422 g/mol. The molecule has 1 N–H and O–H groups in total. The molecule has 0 saturated heterocycles. The van der Waals surface area contributed by atoms with Crippen LogP contribution in [0.3, 0.4) is 0 Å². The SMILES string of the molecule is O=C1CCCC2=C1[C@@H](c1cccc(Cl)c1)n1nc(SCc3ccccc3)nc1N2. The second-order valence-electron chi connectivity index (χ2n) is 7.19. The number of halogens is 1. The number of rotatable bonds is 4. The quantitative estimate of drug-likeness (QED) is 0.582.